The Balaban J connectivity index is 2.02. The predicted molar refractivity (Wildman–Crippen MR) is 78.0 cm³/mol. The Morgan fingerprint density at radius 1 is 1.00 bits per heavy atom. The molecular formula is C15H14N2OS. The summed E-state index contributed by atoms with van der Waals surface area (Å²) in [5.41, 5.74) is 4.32. The Kier molecular flexibility index (Phi) is 2.87. The number of phenolic OH excluding ortho intramolecular Hbond substituents is 1. The van der Waals surface area contributed by atoms with E-state index < -0.39 is 0 Å². The first-order chi connectivity index (χ1) is 9.15. The normalized spacial score (nSPS) is 10.8. The molecule has 4 heteroatoms. The maximum atomic E-state index is 9.31. The molecule has 0 unspecified atom stereocenters. The molecule has 0 aliphatic rings. The zero-order valence-electron chi connectivity index (χ0n) is 10.8. The van der Waals surface area contributed by atoms with Gasteiger partial charge in [0.2, 0.25) is 0 Å². The van der Waals surface area contributed by atoms with Gasteiger partial charge >= 0.3 is 0 Å². The number of hydrogen-bond donors (Lipinski definition) is 1. The third kappa shape index (κ3) is 2.15. The molecule has 0 saturated carbocycles. The van der Waals surface area contributed by atoms with Gasteiger partial charge in [0.25, 0.3) is 0 Å². The van der Waals surface area contributed by atoms with E-state index in [0.29, 0.717) is 0 Å². The number of benzene rings is 1. The summed E-state index contributed by atoms with van der Waals surface area (Å²) in [7, 11) is 0. The van der Waals surface area contributed by atoms with Crippen molar-refractivity contribution in [3.63, 3.8) is 0 Å². The summed E-state index contributed by atoms with van der Waals surface area (Å²) < 4.78 is 2.15. The molecule has 0 fully saturated rings. The second kappa shape index (κ2) is 4.55. The van der Waals surface area contributed by atoms with Crippen molar-refractivity contribution >= 4 is 11.3 Å². The van der Waals surface area contributed by atoms with Crippen LogP contribution in [0.4, 0.5) is 0 Å². The van der Waals surface area contributed by atoms with Crippen LogP contribution in [0.25, 0.3) is 16.4 Å². The van der Waals surface area contributed by atoms with Gasteiger partial charge in [-0.05, 0) is 50.2 Å². The molecule has 0 spiro atoms. The summed E-state index contributed by atoms with van der Waals surface area (Å²) in [4.78, 5) is 4.67. The van der Waals surface area contributed by atoms with Crippen LogP contribution in [0.15, 0.2) is 41.8 Å². The molecule has 0 bridgehead atoms. The second-order valence-corrected chi connectivity index (χ2v) is 5.35. The van der Waals surface area contributed by atoms with E-state index in [1.54, 1.807) is 23.5 Å². The van der Waals surface area contributed by atoms with Crippen LogP contribution in [-0.4, -0.2) is 14.7 Å². The van der Waals surface area contributed by atoms with Gasteiger partial charge in [0.15, 0.2) is 5.13 Å². The Morgan fingerprint density at radius 2 is 1.63 bits per heavy atom. The van der Waals surface area contributed by atoms with Crippen molar-refractivity contribution in [2.45, 2.75) is 13.8 Å². The Morgan fingerprint density at radius 3 is 2.26 bits per heavy atom. The first-order valence-corrected chi connectivity index (χ1v) is 6.93. The second-order valence-electron chi connectivity index (χ2n) is 4.51. The number of aryl methyl sites for hydroxylation is 2. The quantitative estimate of drug-likeness (QED) is 0.766. The SMILES string of the molecule is Cc1ccc(C)n1-c1nc(-c2ccc(O)cc2)cs1. The molecule has 0 saturated heterocycles. The lowest BCUT2D eigenvalue weighted by atomic mass is 10.2. The van der Waals surface area contributed by atoms with E-state index in [4.69, 9.17) is 0 Å². The number of hydrogen-bond acceptors (Lipinski definition) is 3. The maximum Gasteiger partial charge on any atom is 0.194 e. The number of phenols is 1. The summed E-state index contributed by atoms with van der Waals surface area (Å²) in [5, 5.41) is 12.3. The van der Waals surface area contributed by atoms with Gasteiger partial charge in [0.1, 0.15) is 5.75 Å². The van der Waals surface area contributed by atoms with Crippen molar-refractivity contribution in [3.05, 3.63) is 53.2 Å². The van der Waals surface area contributed by atoms with E-state index >= 15 is 0 Å². The van der Waals surface area contributed by atoms with Gasteiger partial charge in [0, 0.05) is 22.3 Å². The molecule has 0 atom stereocenters. The molecular weight excluding hydrogens is 256 g/mol. The van der Waals surface area contributed by atoms with E-state index in [2.05, 4.69) is 35.5 Å². The summed E-state index contributed by atoms with van der Waals surface area (Å²) in [6.45, 7) is 4.16. The Labute approximate surface area is 115 Å². The molecule has 96 valence electrons. The minimum absolute atomic E-state index is 0.274. The van der Waals surface area contributed by atoms with Gasteiger partial charge in [-0.3, -0.25) is 4.57 Å². The van der Waals surface area contributed by atoms with Crippen molar-refractivity contribution < 1.29 is 5.11 Å². The van der Waals surface area contributed by atoms with Crippen molar-refractivity contribution in [1.29, 1.82) is 0 Å². The van der Waals surface area contributed by atoms with Crippen LogP contribution in [-0.2, 0) is 0 Å². The third-order valence-corrected chi connectivity index (χ3v) is 3.94. The first-order valence-electron chi connectivity index (χ1n) is 6.05. The van der Waals surface area contributed by atoms with Gasteiger partial charge in [-0.2, -0.15) is 0 Å². The summed E-state index contributed by atoms with van der Waals surface area (Å²) in [5.74, 6) is 0.274. The maximum absolute atomic E-state index is 9.31. The molecule has 0 amide bonds. The number of rotatable bonds is 2. The highest BCUT2D eigenvalue weighted by Crippen LogP contribution is 2.27. The molecule has 0 aliphatic heterocycles. The van der Waals surface area contributed by atoms with Crippen LogP contribution in [0.3, 0.4) is 0 Å². The van der Waals surface area contributed by atoms with Gasteiger partial charge in [-0.1, -0.05) is 0 Å². The molecule has 0 aliphatic carbocycles. The predicted octanol–water partition coefficient (Wildman–Crippen LogP) is 3.92. The molecule has 3 nitrogen and oxygen atoms in total. The fourth-order valence-corrected chi connectivity index (χ4v) is 3.05. The molecule has 2 heterocycles. The molecule has 1 N–H and O–H groups in total. The number of aromatic nitrogens is 2. The lowest BCUT2D eigenvalue weighted by Gasteiger charge is -2.04. The van der Waals surface area contributed by atoms with Gasteiger partial charge in [0.05, 0.1) is 5.69 Å². The van der Waals surface area contributed by atoms with Crippen LogP contribution >= 0.6 is 11.3 Å². The minimum Gasteiger partial charge on any atom is -0.508 e. The fourth-order valence-electron chi connectivity index (χ4n) is 2.10. The van der Waals surface area contributed by atoms with Crippen LogP contribution in [0.2, 0.25) is 0 Å². The molecule has 3 aromatic rings. The standard InChI is InChI=1S/C15H14N2OS/c1-10-3-4-11(2)17(10)15-16-14(9-19-15)12-5-7-13(18)8-6-12/h3-9,18H,1-2H3. The molecule has 0 radical (unpaired) electrons. The number of nitrogens with zero attached hydrogens (tertiary/aromatic N) is 2. The van der Waals surface area contributed by atoms with Crippen LogP contribution in [0.5, 0.6) is 5.75 Å². The Hall–Kier alpha value is -2.07. The molecule has 19 heavy (non-hydrogen) atoms. The smallest absolute Gasteiger partial charge is 0.194 e. The van der Waals surface area contributed by atoms with Crippen LogP contribution in [0.1, 0.15) is 11.4 Å². The summed E-state index contributed by atoms with van der Waals surface area (Å²) in [6, 6.07) is 11.3. The zero-order chi connectivity index (χ0) is 13.4. The van der Waals surface area contributed by atoms with E-state index in [1.807, 2.05) is 17.5 Å². The van der Waals surface area contributed by atoms with Gasteiger partial charge in [-0.15, -0.1) is 11.3 Å². The van der Waals surface area contributed by atoms with Gasteiger partial charge < -0.3 is 5.11 Å². The van der Waals surface area contributed by atoms with E-state index in [-0.39, 0.29) is 5.75 Å². The molecule has 2 aromatic heterocycles. The highest BCUT2D eigenvalue weighted by atomic mass is 32.1. The fraction of sp³-hybridized carbons (Fsp3) is 0.133. The highest BCUT2D eigenvalue weighted by Gasteiger charge is 2.09. The topological polar surface area (TPSA) is 38.0 Å². The van der Waals surface area contributed by atoms with Crippen LogP contribution in [0, 0.1) is 13.8 Å². The number of aromatic hydroxyl groups is 1. The molecule has 3 rings (SSSR count). The summed E-state index contributed by atoms with van der Waals surface area (Å²) >= 11 is 1.62. The lowest BCUT2D eigenvalue weighted by molar-refractivity contribution is 0.475. The van der Waals surface area contributed by atoms with Crippen molar-refractivity contribution in [2.75, 3.05) is 0 Å². The third-order valence-electron chi connectivity index (χ3n) is 3.12. The number of thiazole rings is 1. The lowest BCUT2D eigenvalue weighted by Crippen LogP contribution is -1.97. The van der Waals surface area contributed by atoms with Crippen molar-refractivity contribution in [2.24, 2.45) is 0 Å². The van der Waals surface area contributed by atoms with Gasteiger partial charge in [-0.25, -0.2) is 4.98 Å². The average Bonchev–Trinajstić information content (AvgIpc) is 2.98. The average molecular weight is 270 g/mol. The van der Waals surface area contributed by atoms with Crippen LogP contribution < -0.4 is 0 Å². The minimum atomic E-state index is 0.274. The molecule has 1 aromatic carbocycles. The monoisotopic (exact) mass is 270 g/mol. The van der Waals surface area contributed by atoms with Crippen molar-refractivity contribution in [3.8, 4) is 22.1 Å². The first kappa shape index (κ1) is 12.0. The van der Waals surface area contributed by atoms with Crippen molar-refractivity contribution in [1.82, 2.24) is 9.55 Å². The largest absolute Gasteiger partial charge is 0.508 e. The zero-order valence-corrected chi connectivity index (χ0v) is 11.6. The van der Waals surface area contributed by atoms with E-state index in [1.165, 1.54) is 11.4 Å². The van der Waals surface area contributed by atoms with E-state index in [9.17, 15) is 5.11 Å². The highest BCUT2D eigenvalue weighted by molar-refractivity contribution is 7.12. The van der Waals surface area contributed by atoms with E-state index in [0.717, 1.165) is 16.4 Å². The Bertz CT molecular complexity index is 691. The summed E-state index contributed by atoms with van der Waals surface area (Å²) in [6.07, 6.45) is 0.